The number of piperidine rings is 1. The first kappa shape index (κ1) is 14.5. The highest BCUT2D eigenvalue weighted by atomic mass is 15.3. The van der Waals surface area contributed by atoms with Crippen molar-refractivity contribution >= 4 is 0 Å². The van der Waals surface area contributed by atoms with E-state index in [0.717, 1.165) is 24.0 Å². The first-order valence-electron chi connectivity index (χ1n) is 9.46. The number of nitrogens with one attached hydrogen (secondary N) is 1. The van der Waals surface area contributed by atoms with Crippen molar-refractivity contribution < 1.29 is 0 Å². The Morgan fingerprint density at radius 2 is 1.90 bits per heavy atom. The van der Waals surface area contributed by atoms with E-state index >= 15 is 0 Å². The zero-order valence-corrected chi connectivity index (χ0v) is 14.0. The van der Waals surface area contributed by atoms with Crippen LogP contribution < -0.4 is 5.32 Å². The highest BCUT2D eigenvalue weighted by Crippen LogP contribution is 2.43. The van der Waals surface area contributed by atoms with E-state index in [2.05, 4.69) is 29.0 Å². The van der Waals surface area contributed by atoms with Crippen molar-refractivity contribution in [3.63, 3.8) is 0 Å². The molecule has 0 aromatic heterocycles. The maximum Gasteiger partial charge on any atom is 0.0309 e. The van der Waals surface area contributed by atoms with E-state index in [1.165, 1.54) is 71.1 Å². The van der Waals surface area contributed by atoms with Gasteiger partial charge in [0.25, 0.3) is 0 Å². The van der Waals surface area contributed by atoms with Gasteiger partial charge in [-0.2, -0.15) is 0 Å². The van der Waals surface area contributed by atoms with Gasteiger partial charge in [0, 0.05) is 43.3 Å². The number of hydrogen-bond acceptors (Lipinski definition) is 3. The third-order valence-electron chi connectivity index (χ3n) is 6.92. The summed E-state index contributed by atoms with van der Waals surface area (Å²) in [4.78, 5) is 5.75. The number of piperazine rings is 1. The van der Waals surface area contributed by atoms with Gasteiger partial charge >= 0.3 is 0 Å². The van der Waals surface area contributed by atoms with E-state index in [-0.39, 0.29) is 0 Å². The molecule has 0 bridgehead atoms. The molecular weight excluding hydrogens is 258 g/mol. The minimum Gasteiger partial charge on any atom is -0.308 e. The molecule has 0 radical (unpaired) electrons. The molecule has 120 valence electrons. The number of hydrogen-bond donors (Lipinski definition) is 1. The van der Waals surface area contributed by atoms with Crippen LogP contribution in [0.1, 0.15) is 58.8 Å². The minimum absolute atomic E-state index is 0.397. The SMILES string of the molecule is CCC1CNC(C)(C2CC2)CN1C1CCN2CCCCC12. The number of fused-ring (bicyclic) bond motifs is 1. The zero-order chi connectivity index (χ0) is 14.4. The molecule has 0 aromatic carbocycles. The molecule has 3 nitrogen and oxygen atoms in total. The van der Waals surface area contributed by atoms with Crippen molar-refractivity contribution in [3.8, 4) is 0 Å². The fourth-order valence-corrected chi connectivity index (χ4v) is 5.40. The van der Waals surface area contributed by atoms with E-state index in [9.17, 15) is 0 Å². The Hall–Kier alpha value is -0.120. The molecule has 21 heavy (non-hydrogen) atoms. The molecule has 0 amide bonds. The highest BCUT2D eigenvalue weighted by Gasteiger charge is 2.49. The summed E-state index contributed by atoms with van der Waals surface area (Å²) in [5.74, 6) is 0.946. The van der Waals surface area contributed by atoms with E-state index in [0.29, 0.717) is 5.54 Å². The minimum atomic E-state index is 0.397. The molecule has 4 fully saturated rings. The van der Waals surface area contributed by atoms with Gasteiger partial charge in [0.15, 0.2) is 0 Å². The second-order valence-electron chi connectivity index (χ2n) is 8.26. The molecule has 4 rings (SSSR count). The first-order chi connectivity index (χ1) is 10.2. The van der Waals surface area contributed by atoms with Gasteiger partial charge in [-0.1, -0.05) is 13.3 Å². The lowest BCUT2D eigenvalue weighted by Crippen LogP contribution is -2.67. The topological polar surface area (TPSA) is 18.5 Å². The fourth-order valence-electron chi connectivity index (χ4n) is 5.40. The Labute approximate surface area is 130 Å². The van der Waals surface area contributed by atoms with Crippen molar-refractivity contribution in [2.75, 3.05) is 26.2 Å². The molecule has 1 N–H and O–H groups in total. The average Bonchev–Trinajstić information content (AvgIpc) is 3.28. The van der Waals surface area contributed by atoms with Crippen LogP contribution in [0.15, 0.2) is 0 Å². The predicted octanol–water partition coefficient (Wildman–Crippen LogP) is 2.47. The Balaban J connectivity index is 1.52. The van der Waals surface area contributed by atoms with Gasteiger partial charge in [-0.15, -0.1) is 0 Å². The van der Waals surface area contributed by atoms with Crippen molar-refractivity contribution in [1.29, 1.82) is 0 Å². The van der Waals surface area contributed by atoms with Crippen LogP contribution in [-0.4, -0.2) is 59.6 Å². The summed E-state index contributed by atoms with van der Waals surface area (Å²) in [5.41, 5.74) is 0.397. The van der Waals surface area contributed by atoms with Gasteiger partial charge in [0.2, 0.25) is 0 Å². The molecule has 0 aromatic rings. The van der Waals surface area contributed by atoms with Crippen LogP contribution in [0.5, 0.6) is 0 Å². The summed E-state index contributed by atoms with van der Waals surface area (Å²) in [5, 5.41) is 3.93. The Morgan fingerprint density at radius 1 is 1.05 bits per heavy atom. The summed E-state index contributed by atoms with van der Waals surface area (Å²) < 4.78 is 0. The van der Waals surface area contributed by atoms with Crippen LogP contribution in [0.25, 0.3) is 0 Å². The predicted molar refractivity (Wildman–Crippen MR) is 87.5 cm³/mol. The maximum absolute atomic E-state index is 3.93. The summed E-state index contributed by atoms with van der Waals surface area (Å²) in [6.45, 7) is 10.1. The molecular formula is C18H33N3. The fraction of sp³-hybridized carbons (Fsp3) is 1.00. The van der Waals surface area contributed by atoms with Crippen LogP contribution >= 0.6 is 0 Å². The van der Waals surface area contributed by atoms with Crippen molar-refractivity contribution in [1.82, 2.24) is 15.1 Å². The van der Waals surface area contributed by atoms with E-state index in [1.807, 2.05) is 0 Å². The Morgan fingerprint density at radius 3 is 2.67 bits per heavy atom. The van der Waals surface area contributed by atoms with Gasteiger partial charge in [-0.05, 0) is 57.9 Å². The van der Waals surface area contributed by atoms with Gasteiger partial charge in [-0.3, -0.25) is 9.80 Å². The summed E-state index contributed by atoms with van der Waals surface area (Å²) in [6.07, 6.45) is 9.97. The third kappa shape index (κ3) is 2.55. The lowest BCUT2D eigenvalue weighted by atomic mass is 9.87. The molecule has 4 unspecified atom stereocenters. The molecule has 0 spiro atoms. The normalized spacial score (nSPS) is 45.7. The standard InChI is InChI=1S/C18H33N3/c1-3-15-12-19-18(2,14-7-8-14)13-21(15)17-9-11-20-10-5-4-6-16(17)20/h14-17,19H,3-13H2,1-2H3. The van der Waals surface area contributed by atoms with E-state index in [4.69, 9.17) is 0 Å². The smallest absolute Gasteiger partial charge is 0.0309 e. The lowest BCUT2D eigenvalue weighted by molar-refractivity contribution is 0.0162. The molecule has 3 heteroatoms. The van der Waals surface area contributed by atoms with Gasteiger partial charge in [0.1, 0.15) is 0 Å². The Kier molecular flexibility index (Phi) is 3.79. The summed E-state index contributed by atoms with van der Waals surface area (Å²) in [7, 11) is 0. The molecule has 3 aliphatic heterocycles. The third-order valence-corrected chi connectivity index (χ3v) is 6.92. The van der Waals surface area contributed by atoms with Crippen molar-refractivity contribution in [2.45, 2.75) is 82.5 Å². The maximum atomic E-state index is 3.93. The van der Waals surface area contributed by atoms with Gasteiger partial charge in [0.05, 0.1) is 0 Å². The quantitative estimate of drug-likeness (QED) is 0.862. The molecule has 3 heterocycles. The molecule has 4 aliphatic rings. The lowest BCUT2D eigenvalue weighted by Gasteiger charge is -2.51. The molecule has 1 saturated carbocycles. The van der Waals surface area contributed by atoms with Crippen LogP contribution in [-0.2, 0) is 0 Å². The summed E-state index contributed by atoms with van der Waals surface area (Å²) >= 11 is 0. The van der Waals surface area contributed by atoms with Crippen molar-refractivity contribution in [3.05, 3.63) is 0 Å². The monoisotopic (exact) mass is 291 g/mol. The second kappa shape index (κ2) is 5.50. The molecule has 4 atom stereocenters. The van der Waals surface area contributed by atoms with Crippen LogP contribution in [0.2, 0.25) is 0 Å². The number of rotatable bonds is 3. The van der Waals surface area contributed by atoms with Gasteiger partial charge in [-0.25, -0.2) is 0 Å². The van der Waals surface area contributed by atoms with Gasteiger partial charge < -0.3 is 5.32 Å². The van der Waals surface area contributed by atoms with E-state index in [1.54, 1.807) is 0 Å². The molecule has 3 saturated heterocycles. The van der Waals surface area contributed by atoms with Crippen molar-refractivity contribution in [2.24, 2.45) is 5.92 Å². The van der Waals surface area contributed by atoms with Crippen LogP contribution in [0.4, 0.5) is 0 Å². The zero-order valence-electron chi connectivity index (χ0n) is 14.0. The van der Waals surface area contributed by atoms with Crippen LogP contribution in [0.3, 0.4) is 0 Å². The van der Waals surface area contributed by atoms with Crippen LogP contribution in [0, 0.1) is 5.92 Å². The second-order valence-corrected chi connectivity index (χ2v) is 8.26. The largest absolute Gasteiger partial charge is 0.308 e. The molecule has 1 aliphatic carbocycles. The van der Waals surface area contributed by atoms with E-state index < -0.39 is 0 Å². The number of nitrogens with zero attached hydrogens (tertiary/aromatic N) is 2. The average molecular weight is 291 g/mol. The Bertz CT molecular complexity index is 381. The summed E-state index contributed by atoms with van der Waals surface area (Å²) in [6, 6.07) is 2.48. The highest BCUT2D eigenvalue weighted by molar-refractivity contribution is 5.07. The first-order valence-corrected chi connectivity index (χ1v) is 9.46.